The van der Waals surface area contributed by atoms with Gasteiger partial charge in [-0.25, -0.2) is 4.79 Å². The van der Waals surface area contributed by atoms with Crippen LogP contribution < -0.4 is 20.7 Å². The Bertz CT molecular complexity index is 1540. The second-order valence-electron chi connectivity index (χ2n) is 11.5. The number of amides is 3. The van der Waals surface area contributed by atoms with E-state index in [1.165, 1.54) is 12.4 Å². The molecule has 0 spiro atoms. The lowest BCUT2D eigenvalue weighted by Crippen LogP contribution is -2.53. The molecule has 4 N–H and O–H groups in total. The van der Waals surface area contributed by atoms with Gasteiger partial charge in [-0.1, -0.05) is 19.9 Å². The first-order valence-corrected chi connectivity index (χ1v) is 14.6. The Morgan fingerprint density at radius 3 is 2.43 bits per heavy atom. The van der Waals surface area contributed by atoms with Crippen LogP contribution in [-0.4, -0.2) is 71.8 Å². The van der Waals surface area contributed by atoms with Gasteiger partial charge >= 0.3 is 5.97 Å². The standard InChI is InChI=1S/C32H39N5O7/c1-17(2)11-24(37-31(41)25-13-21-22(35-25)7-6-8-27(21)43-5)30(40)36-23(12-20-9-10-34-29(20)39)26(38)16-44-32(42)28-18(3)14-33-15-19(28)4/h6-8,13-15,17,20,23-24,35H,9-12,16H2,1-5H3,(H,34,39)(H,36,40)(H,37,41)/t20-,23-,24-/m0/s1. The largest absolute Gasteiger partial charge is 0.496 e. The average Bonchev–Trinajstić information content (AvgIpc) is 3.60. The molecular weight excluding hydrogens is 566 g/mol. The van der Waals surface area contributed by atoms with Gasteiger partial charge in [0.25, 0.3) is 5.91 Å². The minimum absolute atomic E-state index is 0.0245. The normalized spacial score (nSPS) is 15.9. The lowest BCUT2D eigenvalue weighted by Gasteiger charge is -2.25. The number of carbonyl (C=O) groups excluding carboxylic acids is 5. The molecule has 3 heterocycles. The van der Waals surface area contributed by atoms with Gasteiger partial charge in [-0.05, 0) is 68.4 Å². The van der Waals surface area contributed by atoms with Crippen molar-refractivity contribution in [3.8, 4) is 5.75 Å². The highest BCUT2D eigenvalue weighted by Crippen LogP contribution is 2.26. The van der Waals surface area contributed by atoms with Crippen LogP contribution in [0.15, 0.2) is 36.7 Å². The van der Waals surface area contributed by atoms with Crippen molar-refractivity contribution in [2.24, 2.45) is 11.8 Å². The minimum Gasteiger partial charge on any atom is -0.496 e. The number of methoxy groups -OCH3 is 1. The second-order valence-corrected chi connectivity index (χ2v) is 11.5. The molecule has 1 saturated heterocycles. The first-order valence-electron chi connectivity index (χ1n) is 14.6. The number of fused-ring (bicyclic) bond motifs is 1. The van der Waals surface area contributed by atoms with Crippen LogP contribution in [0.25, 0.3) is 10.9 Å². The number of rotatable bonds is 13. The number of H-pyrrole nitrogens is 1. The number of pyridine rings is 1. The number of benzene rings is 1. The van der Waals surface area contributed by atoms with Gasteiger partial charge in [-0.15, -0.1) is 0 Å². The molecular formula is C32H39N5O7. The average molecular weight is 606 g/mol. The van der Waals surface area contributed by atoms with E-state index in [2.05, 4.69) is 25.9 Å². The van der Waals surface area contributed by atoms with Gasteiger partial charge in [0, 0.05) is 35.8 Å². The Morgan fingerprint density at radius 2 is 1.80 bits per heavy atom. The van der Waals surface area contributed by atoms with E-state index in [0.717, 1.165) is 5.39 Å². The Kier molecular flexibility index (Phi) is 10.4. The number of esters is 1. The van der Waals surface area contributed by atoms with Crippen molar-refractivity contribution < 1.29 is 33.4 Å². The summed E-state index contributed by atoms with van der Waals surface area (Å²) < 4.78 is 10.7. The molecule has 0 radical (unpaired) electrons. The van der Waals surface area contributed by atoms with Gasteiger partial charge in [0.05, 0.1) is 18.7 Å². The van der Waals surface area contributed by atoms with Crippen LogP contribution >= 0.6 is 0 Å². The van der Waals surface area contributed by atoms with Crippen molar-refractivity contribution in [3.63, 3.8) is 0 Å². The van der Waals surface area contributed by atoms with Gasteiger partial charge < -0.3 is 30.4 Å². The topological polar surface area (TPSA) is 169 Å². The highest BCUT2D eigenvalue weighted by Gasteiger charge is 2.34. The van der Waals surface area contributed by atoms with Crippen LogP contribution in [0.3, 0.4) is 0 Å². The Balaban J connectivity index is 1.50. The summed E-state index contributed by atoms with van der Waals surface area (Å²) in [5.41, 5.74) is 2.48. The molecule has 0 aliphatic carbocycles. The molecule has 12 heteroatoms. The fourth-order valence-corrected chi connectivity index (χ4v) is 5.40. The van der Waals surface area contributed by atoms with Crippen LogP contribution in [0.1, 0.15) is 65.1 Å². The summed E-state index contributed by atoms with van der Waals surface area (Å²) in [5, 5.41) is 8.99. The summed E-state index contributed by atoms with van der Waals surface area (Å²) in [4.78, 5) is 72.5. The van der Waals surface area contributed by atoms with Crippen molar-refractivity contribution in [1.82, 2.24) is 25.9 Å². The lowest BCUT2D eigenvalue weighted by atomic mass is 9.95. The minimum atomic E-state index is -1.12. The molecule has 2 aromatic heterocycles. The second kappa shape index (κ2) is 14.2. The molecule has 1 aromatic carbocycles. The fraction of sp³-hybridized carbons (Fsp3) is 0.438. The number of ether oxygens (including phenoxy) is 2. The van der Waals surface area contributed by atoms with Crippen LogP contribution in [-0.2, 0) is 19.1 Å². The van der Waals surface area contributed by atoms with Crippen molar-refractivity contribution >= 4 is 40.4 Å². The SMILES string of the molecule is COc1cccc2[nH]c(C(=O)N[C@@H](CC(C)C)C(=O)N[C@@H](C[C@@H]3CCNC3=O)C(=O)COC(=O)c3c(C)cncc3C)cc12. The van der Waals surface area contributed by atoms with Crippen LogP contribution in [0.4, 0.5) is 0 Å². The number of aromatic amines is 1. The quantitative estimate of drug-likeness (QED) is 0.216. The molecule has 3 amide bonds. The molecule has 44 heavy (non-hydrogen) atoms. The third-order valence-electron chi connectivity index (χ3n) is 7.68. The Labute approximate surface area is 255 Å². The fourth-order valence-electron chi connectivity index (χ4n) is 5.40. The smallest absolute Gasteiger partial charge is 0.339 e. The third-order valence-corrected chi connectivity index (χ3v) is 7.68. The molecule has 0 unspecified atom stereocenters. The van der Waals surface area contributed by atoms with E-state index in [1.807, 2.05) is 19.9 Å². The van der Waals surface area contributed by atoms with E-state index in [1.54, 1.807) is 39.2 Å². The number of carbonyl (C=O) groups is 5. The predicted molar refractivity (Wildman–Crippen MR) is 162 cm³/mol. The van der Waals surface area contributed by atoms with E-state index < -0.39 is 48.2 Å². The summed E-state index contributed by atoms with van der Waals surface area (Å²) in [6, 6.07) is 4.95. The number of aromatic nitrogens is 2. The zero-order chi connectivity index (χ0) is 32.0. The monoisotopic (exact) mass is 605 g/mol. The summed E-state index contributed by atoms with van der Waals surface area (Å²) >= 11 is 0. The first kappa shape index (κ1) is 32.2. The number of Topliss-reactive ketones (excluding diaryl/α,β-unsaturated/α-hetero) is 1. The lowest BCUT2D eigenvalue weighted by molar-refractivity contribution is -0.131. The number of nitrogens with one attached hydrogen (secondary N) is 4. The van der Waals surface area contributed by atoms with Crippen molar-refractivity contribution in [3.05, 3.63) is 59.0 Å². The van der Waals surface area contributed by atoms with Crippen molar-refractivity contribution in [1.29, 1.82) is 0 Å². The zero-order valence-electron chi connectivity index (χ0n) is 25.6. The highest BCUT2D eigenvalue weighted by molar-refractivity contribution is 6.02. The molecule has 0 bridgehead atoms. The predicted octanol–water partition coefficient (Wildman–Crippen LogP) is 2.77. The van der Waals surface area contributed by atoms with E-state index in [-0.39, 0.29) is 23.9 Å². The number of nitrogens with zero attached hydrogens (tertiary/aromatic N) is 1. The van der Waals surface area contributed by atoms with E-state index in [9.17, 15) is 24.0 Å². The summed E-state index contributed by atoms with van der Waals surface area (Å²) in [7, 11) is 1.54. The third kappa shape index (κ3) is 7.61. The van der Waals surface area contributed by atoms with Gasteiger partial charge in [0.2, 0.25) is 11.8 Å². The number of ketones is 1. The maximum absolute atomic E-state index is 13.6. The molecule has 3 atom stereocenters. The molecule has 12 nitrogen and oxygen atoms in total. The molecule has 1 aliphatic rings. The van der Waals surface area contributed by atoms with Crippen molar-refractivity contribution in [2.75, 3.05) is 20.3 Å². The summed E-state index contributed by atoms with van der Waals surface area (Å²) in [6.07, 6.45) is 3.89. The summed E-state index contributed by atoms with van der Waals surface area (Å²) in [6.45, 7) is 7.13. The van der Waals surface area contributed by atoms with Crippen LogP contribution in [0.2, 0.25) is 0 Å². The van der Waals surface area contributed by atoms with Crippen LogP contribution in [0.5, 0.6) is 5.75 Å². The molecule has 1 aliphatic heterocycles. The maximum atomic E-state index is 13.6. The number of aryl methyl sites for hydroxylation is 2. The molecule has 1 fully saturated rings. The van der Waals surface area contributed by atoms with E-state index in [0.29, 0.717) is 47.3 Å². The van der Waals surface area contributed by atoms with Gasteiger partial charge in [0.1, 0.15) is 17.5 Å². The highest BCUT2D eigenvalue weighted by atomic mass is 16.5. The molecule has 3 aromatic rings. The number of hydrogen-bond acceptors (Lipinski definition) is 8. The molecule has 234 valence electrons. The molecule has 4 rings (SSSR count). The van der Waals surface area contributed by atoms with Gasteiger partial charge in [-0.2, -0.15) is 0 Å². The van der Waals surface area contributed by atoms with Gasteiger partial charge in [0.15, 0.2) is 12.4 Å². The Hall–Kier alpha value is -4.74. The van der Waals surface area contributed by atoms with Crippen LogP contribution in [0, 0.1) is 25.7 Å². The first-order chi connectivity index (χ1) is 21.0. The maximum Gasteiger partial charge on any atom is 0.339 e. The summed E-state index contributed by atoms with van der Waals surface area (Å²) in [5.74, 6) is -2.41. The Morgan fingerprint density at radius 1 is 1.07 bits per heavy atom. The van der Waals surface area contributed by atoms with Crippen molar-refractivity contribution in [2.45, 2.75) is 59.0 Å². The van der Waals surface area contributed by atoms with Gasteiger partial charge in [-0.3, -0.25) is 24.2 Å². The number of hydrogen-bond donors (Lipinski definition) is 4. The van der Waals surface area contributed by atoms with E-state index in [4.69, 9.17) is 9.47 Å². The molecule has 0 saturated carbocycles. The van der Waals surface area contributed by atoms with E-state index >= 15 is 0 Å². The zero-order valence-corrected chi connectivity index (χ0v) is 25.6.